The number of nitrogens with zero attached hydrogens (tertiary/aromatic N) is 1. The van der Waals surface area contributed by atoms with Gasteiger partial charge in [-0.1, -0.05) is 20.8 Å². The molecule has 2 aliphatic heterocycles. The number of cyclic esters (lactones) is 1. The number of hydrogen-bond acceptors (Lipinski definition) is 10. The van der Waals surface area contributed by atoms with Gasteiger partial charge in [0.2, 0.25) is 0 Å². The average Bonchev–Trinajstić information content (AvgIpc) is 2.92. The highest BCUT2D eigenvalue weighted by atomic mass is 127. The van der Waals surface area contributed by atoms with Gasteiger partial charge >= 0.3 is 5.97 Å². The summed E-state index contributed by atoms with van der Waals surface area (Å²) in [6, 6.07) is -0.703. The van der Waals surface area contributed by atoms with Gasteiger partial charge in [0.25, 0.3) is 3.91 Å². The van der Waals surface area contributed by atoms with Gasteiger partial charge in [0.15, 0.2) is 17.9 Å². The zero-order chi connectivity index (χ0) is 32.1. The number of aliphatic hydroxyl groups excluding tert-OH is 1. The summed E-state index contributed by atoms with van der Waals surface area (Å²) in [5.41, 5.74) is -0.864. The highest BCUT2D eigenvalue weighted by molar-refractivity contribution is 14.1. The summed E-state index contributed by atoms with van der Waals surface area (Å²) in [6.07, 6.45) is -1.78. The topological polar surface area (TPSA) is 141 Å². The molecule has 2 unspecified atom stereocenters. The molecule has 2 heterocycles. The molecular formula is C30H49IN2O9. The Morgan fingerprint density at radius 3 is 2.36 bits per heavy atom. The summed E-state index contributed by atoms with van der Waals surface area (Å²) in [5.74, 6) is -4.07. The first-order chi connectivity index (χ1) is 19.5. The molecule has 0 spiro atoms. The molecule has 0 saturated carbocycles. The van der Waals surface area contributed by atoms with E-state index in [-0.39, 0.29) is 28.3 Å². The van der Waals surface area contributed by atoms with Gasteiger partial charge in [0.05, 0.1) is 23.9 Å². The lowest BCUT2D eigenvalue weighted by atomic mass is 9.77. The Morgan fingerprint density at radius 1 is 1.21 bits per heavy atom. The van der Waals surface area contributed by atoms with Crippen molar-refractivity contribution in [2.75, 3.05) is 21.2 Å². The van der Waals surface area contributed by atoms with E-state index >= 15 is 0 Å². The molecule has 0 aliphatic carbocycles. The third-order valence-electron chi connectivity index (χ3n) is 8.64. The molecule has 1 saturated heterocycles. The van der Waals surface area contributed by atoms with Crippen LogP contribution in [0.5, 0.6) is 0 Å². The summed E-state index contributed by atoms with van der Waals surface area (Å²) in [6.45, 7) is 11.9. The number of halogens is 1. The Labute approximate surface area is 263 Å². The number of aliphatic hydroxyl groups is 1. The molecule has 0 aromatic rings. The third kappa shape index (κ3) is 8.81. The zero-order valence-electron chi connectivity index (χ0n) is 26.5. The van der Waals surface area contributed by atoms with E-state index in [0.29, 0.717) is 18.4 Å². The van der Waals surface area contributed by atoms with Gasteiger partial charge in [-0.2, -0.15) is 0 Å². The second kappa shape index (κ2) is 15.5. The van der Waals surface area contributed by atoms with Crippen molar-refractivity contribution in [2.24, 2.45) is 17.8 Å². The molecule has 0 aromatic carbocycles. The number of esters is 1. The summed E-state index contributed by atoms with van der Waals surface area (Å²) in [7, 11) is 5.31. The van der Waals surface area contributed by atoms with Crippen molar-refractivity contribution in [3.05, 3.63) is 11.6 Å². The number of Topliss-reactive ketones (excluding diaryl/α,β-unsaturated/α-hetero) is 2. The fourth-order valence-electron chi connectivity index (χ4n) is 6.07. The second-order valence-electron chi connectivity index (χ2n) is 12.2. The molecule has 12 heteroatoms. The van der Waals surface area contributed by atoms with Gasteiger partial charge in [-0.25, -0.2) is 0 Å². The van der Waals surface area contributed by atoms with Gasteiger partial charge in [0.1, 0.15) is 18.1 Å². The standard InChI is InChI=1S/C30H49IN2O9/c1-11-22-21(34)12-15(2)24(35)16(3)14-30(7,39-10)26(18(5)25(36)19(6)27(37)41-22)42-28-23(32-29(31)38)20(33(8)9)13-17(4)40-28/h12,16-23,26,28,34H,11,13-14H2,1-10H3,(H,32,38)/b15-12+/t16-,17-,18+,19-,20+,21+,22?,23-,26-,28?,30-/m1/s1. The van der Waals surface area contributed by atoms with Gasteiger partial charge in [-0.15, -0.1) is 0 Å². The van der Waals surface area contributed by atoms with Crippen LogP contribution in [0.2, 0.25) is 0 Å². The van der Waals surface area contributed by atoms with Crippen molar-refractivity contribution in [3.63, 3.8) is 0 Å². The summed E-state index contributed by atoms with van der Waals surface area (Å²) in [4.78, 5) is 54.6. The number of nitrogens with one attached hydrogen (secondary N) is 1. The molecule has 11 atom stereocenters. The predicted octanol–water partition coefficient (Wildman–Crippen LogP) is 3.43. The van der Waals surface area contributed by atoms with E-state index in [4.69, 9.17) is 18.9 Å². The highest BCUT2D eigenvalue weighted by Gasteiger charge is 2.49. The monoisotopic (exact) mass is 708 g/mol. The quantitative estimate of drug-likeness (QED) is 0.139. The molecule has 1 amide bonds. The molecule has 2 rings (SSSR count). The lowest BCUT2D eigenvalue weighted by molar-refractivity contribution is -0.270. The van der Waals surface area contributed by atoms with E-state index in [1.807, 2.05) is 25.9 Å². The van der Waals surface area contributed by atoms with Crippen LogP contribution in [0.15, 0.2) is 11.6 Å². The maximum Gasteiger partial charge on any atom is 0.316 e. The van der Waals surface area contributed by atoms with Crippen LogP contribution in [0.25, 0.3) is 0 Å². The Morgan fingerprint density at radius 2 is 1.83 bits per heavy atom. The number of allylic oxidation sites excluding steroid dienone is 1. The molecule has 0 bridgehead atoms. The molecule has 2 N–H and O–H groups in total. The number of likely N-dealkylation sites (N-methyl/N-ethyl adjacent to an activating group) is 1. The van der Waals surface area contributed by atoms with Gasteiger partial charge in [-0.05, 0) is 72.7 Å². The summed E-state index contributed by atoms with van der Waals surface area (Å²) >= 11 is 1.67. The van der Waals surface area contributed by atoms with Crippen LogP contribution in [0, 0.1) is 17.8 Å². The number of hydrogen-bond donors (Lipinski definition) is 2. The number of methoxy groups -OCH3 is 1. The van der Waals surface area contributed by atoms with Gasteiger partial charge < -0.3 is 34.3 Å². The van der Waals surface area contributed by atoms with Crippen molar-refractivity contribution in [3.8, 4) is 0 Å². The highest BCUT2D eigenvalue weighted by Crippen LogP contribution is 2.37. The number of ether oxygens (including phenoxy) is 4. The number of carbonyl (C=O) groups excluding carboxylic acids is 4. The summed E-state index contributed by atoms with van der Waals surface area (Å²) < 4.78 is 24.2. The fraction of sp³-hybridized carbons (Fsp3) is 0.800. The molecular weight excluding hydrogens is 659 g/mol. The number of ketones is 2. The Hall–Kier alpha value is -1.45. The Kier molecular flexibility index (Phi) is 13.6. The first-order valence-electron chi connectivity index (χ1n) is 14.6. The smallest absolute Gasteiger partial charge is 0.316 e. The zero-order valence-corrected chi connectivity index (χ0v) is 28.7. The third-order valence-corrected chi connectivity index (χ3v) is 8.95. The Balaban J connectivity index is 2.65. The minimum Gasteiger partial charge on any atom is -0.459 e. The normalized spacial score (nSPS) is 40.6. The number of amides is 1. The molecule has 11 nitrogen and oxygen atoms in total. The van der Waals surface area contributed by atoms with Gasteiger partial charge in [0, 0.05) is 47.6 Å². The van der Waals surface area contributed by atoms with Crippen molar-refractivity contribution < 1.29 is 43.2 Å². The van der Waals surface area contributed by atoms with Crippen LogP contribution in [0.3, 0.4) is 0 Å². The van der Waals surface area contributed by atoms with Crippen molar-refractivity contribution >= 4 is 44.0 Å². The van der Waals surface area contributed by atoms with E-state index < -0.39 is 65.8 Å². The first-order valence-corrected chi connectivity index (χ1v) is 15.7. The lowest BCUT2D eigenvalue weighted by Crippen LogP contribution is -2.63. The predicted molar refractivity (Wildman–Crippen MR) is 165 cm³/mol. The van der Waals surface area contributed by atoms with Crippen molar-refractivity contribution in [2.45, 2.75) is 116 Å². The maximum absolute atomic E-state index is 13.9. The van der Waals surface area contributed by atoms with E-state index in [1.165, 1.54) is 20.1 Å². The summed E-state index contributed by atoms with van der Waals surface area (Å²) in [5, 5.41) is 13.7. The van der Waals surface area contributed by atoms with Crippen LogP contribution >= 0.6 is 22.6 Å². The lowest BCUT2D eigenvalue weighted by Gasteiger charge is -2.48. The van der Waals surface area contributed by atoms with E-state index in [2.05, 4.69) is 5.32 Å². The Bertz CT molecular complexity index is 1020. The number of rotatable bonds is 6. The minimum absolute atomic E-state index is 0.129. The van der Waals surface area contributed by atoms with E-state index in [1.54, 1.807) is 57.2 Å². The molecule has 2 aliphatic rings. The fourth-order valence-corrected chi connectivity index (χ4v) is 6.43. The molecule has 0 radical (unpaired) electrons. The maximum atomic E-state index is 13.9. The minimum atomic E-state index is -1.21. The SMILES string of the molecule is CCC1OC(=O)[C@H](C)C(=O)[C@H](C)[C@@H](OC2O[C@H](C)C[C@H](N(C)C)[C@H]2NC(=O)I)[C@](C)(OC)C[C@@H](C)C(=O)/C(C)=C/[C@@H]1O. The molecule has 0 aromatic heterocycles. The van der Waals surface area contributed by atoms with E-state index in [9.17, 15) is 24.3 Å². The van der Waals surface area contributed by atoms with Gasteiger partial charge in [-0.3, -0.25) is 19.2 Å². The molecule has 1 fully saturated rings. The first kappa shape index (κ1) is 36.7. The largest absolute Gasteiger partial charge is 0.459 e. The number of carbonyl (C=O) groups is 4. The molecule has 42 heavy (non-hydrogen) atoms. The van der Waals surface area contributed by atoms with Crippen LogP contribution in [-0.2, 0) is 33.3 Å². The second-order valence-corrected chi connectivity index (χ2v) is 13.2. The van der Waals surface area contributed by atoms with Crippen molar-refractivity contribution in [1.29, 1.82) is 0 Å². The van der Waals surface area contributed by atoms with Crippen LogP contribution in [0.4, 0.5) is 4.79 Å². The van der Waals surface area contributed by atoms with Crippen LogP contribution in [-0.4, -0.2) is 101 Å². The van der Waals surface area contributed by atoms with Crippen LogP contribution in [0.1, 0.15) is 67.7 Å². The van der Waals surface area contributed by atoms with Crippen molar-refractivity contribution in [1.82, 2.24) is 10.2 Å². The van der Waals surface area contributed by atoms with E-state index in [0.717, 1.165) is 0 Å². The van der Waals surface area contributed by atoms with Crippen LogP contribution < -0.4 is 5.32 Å². The average molecular weight is 709 g/mol. The molecule has 240 valence electrons.